The molecule has 3 heteroatoms. The number of hydrogen-bond donors (Lipinski definition) is 2. The van der Waals surface area contributed by atoms with E-state index < -0.39 is 0 Å². The molecule has 1 aromatic carbocycles. The lowest BCUT2D eigenvalue weighted by Crippen LogP contribution is -2.29. The minimum absolute atomic E-state index is 0.283. The summed E-state index contributed by atoms with van der Waals surface area (Å²) in [4.78, 5) is 0. The molecule has 82 valence electrons. The van der Waals surface area contributed by atoms with E-state index in [1.807, 2.05) is 19.1 Å². The second-order valence-electron chi connectivity index (χ2n) is 3.99. The summed E-state index contributed by atoms with van der Waals surface area (Å²) in [6, 6.07) is 8.46. The van der Waals surface area contributed by atoms with Crippen LogP contribution in [0.25, 0.3) is 0 Å². The van der Waals surface area contributed by atoms with Crippen molar-refractivity contribution < 1.29 is 4.74 Å². The molecule has 15 heavy (non-hydrogen) atoms. The molecule has 2 rings (SSSR count). The van der Waals surface area contributed by atoms with Crippen LogP contribution in [-0.4, -0.2) is 6.61 Å². The van der Waals surface area contributed by atoms with Gasteiger partial charge in [-0.3, -0.25) is 11.3 Å². The lowest BCUT2D eigenvalue weighted by molar-refractivity contribution is 0.339. The van der Waals surface area contributed by atoms with Crippen molar-refractivity contribution in [2.75, 3.05) is 6.61 Å². The van der Waals surface area contributed by atoms with E-state index in [2.05, 4.69) is 17.6 Å². The molecule has 0 aliphatic heterocycles. The quantitative estimate of drug-likeness (QED) is 0.572. The van der Waals surface area contributed by atoms with Crippen molar-refractivity contribution >= 4 is 0 Å². The highest BCUT2D eigenvalue weighted by atomic mass is 16.5. The van der Waals surface area contributed by atoms with E-state index in [-0.39, 0.29) is 6.04 Å². The Balaban J connectivity index is 2.14. The minimum Gasteiger partial charge on any atom is -0.494 e. The molecule has 0 heterocycles. The van der Waals surface area contributed by atoms with E-state index in [1.165, 1.54) is 18.4 Å². The molecule has 1 aromatic rings. The second-order valence-corrected chi connectivity index (χ2v) is 3.99. The first-order valence-corrected chi connectivity index (χ1v) is 5.54. The van der Waals surface area contributed by atoms with Crippen molar-refractivity contribution in [1.29, 1.82) is 0 Å². The molecule has 1 saturated carbocycles. The number of benzene rings is 1. The van der Waals surface area contributed by atoms with E-state index in [4.69, 9.17) is 10.6 Å². The number of nitrogens with two attached hydrogens (primary N) is 1. The summed E-state index contributed by atoms with van der Waals surface area (Å²) >= 11 is 0. The van der Waals surface area contributed by atoms with Gasteiger partial charge in [0.25, 0.3) is 0 Å². The standard InChI is InChI=1S/C12H18N2O/c1-2-15-11-5-3-4-10(8-11)12(14-13)9-6-7-9/h3-5,8-9,12,14H,2,6-7,13H2,1H3. The van der Waals surface area contributed by atoms with E-state index in [0.717, 1.165) is 5.75 Å². The van der Waals surface area contributed by atoms with E-state index in [9.17, 15) is 0 Å². The lowest BCUT2D eigenvalue weighted by Gasteiger charge is -2.16. The minimum atomic E-state index is 0.283. The lowest BCUT2D eigenvalue weighted by atomic mass is 10.0. The maximum Gasteiger partial charge on any atom is 0.119 e. The topological polar surface area (TPSA) is 47.3 Å². The smallest absolute Gasteiger partial charge is 0.119 e. The molecule has 0 radical (unpaired) electrons. The third-order valence-corrected chi connectivity index (χ3v) is 2.80. The van der Waals surface area contributed by atoms with Crippen LogP contribution >= 0.6 is 0 Å². The van der Waals surface area contributed by atoms with Gasteiger partial charge in [-0.2, -0.15) is 0 Å². The van der Waals surface area contributed by atoms with Crippen LogP contribution in [0, 0.1) is 5.92 Å². The first kappa shape index (κ1) is 10.5. The third-order valence-electron chi connectivity index (χ3n) is 2.80. The zero-order valence-electron chi connectivity index (χ0n) is 9.07. The van der Waals surface area contributed by atoms with Crippen LogP contribution < -0.4 is 16.0 Å². The van der Waals surface area contributed by atoms with Gasteiger partial charge in [0, 0.05) is 6.04 Å². The van der Waals surface area contributed by atoms with Crippen LogP contribution in [0.5, 0.6) is 5.75 Å². The molecule has 1 atom stereocenters. The zero-order chi connectivity index (χ0) is 10.7. The van der Waals surface area contributed by atoms with Crippen LogP contribution in [0.2, 0.25) is 0 Å². The summed E-state index contributed by atoms with van der Waals surface area (Å²) in [5.41, 5.74) is 4.12. The molecule has 0 saturated heterocycles. The van der Waals surface area contributed by atoms with Crippen LogP contribution in [-0.2, 0) is 0 Å². The SMILES string of the molecule is CCOc1cccc(C(NN)C2CC2)c1. The molecule has 1 unspecified atom stereocenters. The number of ether oxygens (including phenoxy) is 1. The third kappa shape index (κ3) is 2.49. The predicted molar refractivity (Wildman–Crippen MR) is 60.4 cm³/mol. The monoisotopic (exact) mass is 206 g/mol. The van der Waals surface area contributed by atoms with Gasteiger partial charge in [0.05, 0.1) is 6.61 Å². The molecule has 0 spiro atoms. The Hall–Kier alpha value is -1.06. The number of rotatable bonds is 5. The molecule has 1 fully saturated rings. The molecule has 0 aromatic heterocycles. The summed E-state index contributed by atoms with van der Waals surface area (Å²) in [5, 5.41) is 0. The molecule has 1 aliphatic carbocycles. The molecular weight excluding hydrogens is 188 g/mol. The maximum absolute atomic E-state index is 5.58. The Morgan fingerprint density at radius 2 is 2.33 bits per heavy atom. The fourth-order valence-corrected chi connectivity index (χ4v) is 1.90. The fraction of sp³-hybridized carbons (Fsp3) is 0.500. The van der Waals surface area contributed by atoms with Crippen LogP contribution in [0.3, 0.4) is 0 Å². The number of hydrazine groups is 1. The first-order valence-electron chi connectivity index (χ1n) is 5.54. The second kappa shape index (κ2) is 4.64. The summed E-state index contributed by atoms with van der Waals surface area (Å²) in [6.07, 6.45) is 2.54. The fourth-order valence-electron chi connectivity index (χ4n) is 1.90. The zero-order valence-corrected chi connectivity index (χ0v) is 9.07. The Morgan fingerprint density at radius 3 is 2.93 bits per heavy atom. The molecule has 0 amide bonds. The summed E-state index contributed by atoms with van der Waals surface area (Å²) in [6.45, 7) is 2.69. The van der Waals surface area contributed by atoms with Gasteiger partial charge in [-0.05, 0) is 43.4 Å². The Bertz CT molecular complexity index is 323. The van der Waals surface area contributed by atoms with Gasteiger partial charge >= 0.3 is 0 Å². The van der Waals surface area contributed by atoms with Crippen LogP contribution in [0.1, 0.15) is 31.4 Å². The predicted octanol–water partition coefficient (Wildman–Crippen LogP) is 2.00. The van der Waals surface area contributed by atoms with Gasteiger partial charge in [0.1, 0.15) is 5.75 Å². The average Bonchev–Trinajstić information content (AvgIpc) is 3.04. The number of hydrogen-bond acceptors (Lipinski definition) is 3. The summed E-state index contributed by atoms with van der Waals surface area (Å²) in [5.74, 6) is 7.21. The Morgan fingerprint density at radius 1 is 1.53 bits per heavy atom. The normalized spacial score (nSPS) is 17.5. The Kier molecular flexibility index (Phi) is 3.23. The molecular formula is C12H18N2O. The average molecular weight is 206 g/mol. The molecule has 3 N–H and O–H groups in total. The van der Waals surface area contributed by atoms with Crippen molar-refractivity contribution in [2.24, 2.45) is 11.8 Å². The Labute approximate surface area is 90.6 Å². The van der Waals surface area contributed by atoms with Gasteiger partial charge in [0.2, 0.25) is 0 Å². The van der Waals surface area contributed by atoms with Crippen molar-refractivity contribution in [2.45, 2.75) is 25.8 Å². The van der Waals surface area contributed by atoms with E-state index >= 15 is 0 Å². The van der Waals surface area contributed by atoms with Crippen LogP contribution in [0.15, 0.2) is 24.3 Å². The maximum atomic E-state index is 5.58. The molecule has 1 aliphatic rings. The van der Waals surface area contributed by atoms with Gasteiger partial charge in [-0.1, -0.05) is 12.1 Å². The van der Waals surface area contributed by atoms with E-state index in [0.29, 0.717) is 12.5 Å². The highest BCUT2D eigenvalue weighted by Gasteiger charge is 2.31. The molecule has 0 bridgehead atoms. The van der Waals surface area contributed by atoms with Crippen LogP contribution in [0.4, 0.5) is 0 Å². The van der Waals surface area contributed by atoms with Crippen molar-refractivity contribution in [3.8, 4) is 5.75 Å². The summed E-state index contributed by atoms with van der Waals surface area (Å²) < 4.78 is 5.47. The van der Waals surface area contributed by atoms with Gasteiger partial charge in [-0.15, -0.1) is 0 Å². The first-order chi connectivity index (χ1) is 7.35. The number of nitrogens with one attached hydrogen (secondary N) is 1. The highest BCUT2D eigenvalue weighted by molar-refractivity contribution is 5.31. The summed E-state index contributed by atoms with van der Waals surface area (Å²) in [7, 11) is 0. The largest absolute Gasteiger partial charge is 0.494 e. The highest BCUT2D eigenvalue weighted by Crippen LogP contribution is 2.41. The van der Waals surface area contributed by atoms with Crippen molar-refractivity contribution in [3.63, 3.8) is 0 Å². The van der Waals surface area contributed by atoms with Gasteiger partial charge in [0.15, 0.2) is 0 Å². The van der Waals surface area contributed by atoms with Crippen molar-refractivity contribution in [1.82, 2.24) is 5.43 Å². The van der Waals surface area contributed by atoms with E-state index in [1.54, 1.807) is 0 Å². The van der Waals surface area contributed by atoms with Crippen molar-refractivity contribution in [3.05, 3.63) is 29.8 Å². The van der Waals surface area contributed by atoms with Gasteiger partial charge in [-0.25, -0.2) is 0 Å². The molecule has 3 nitrogen and oxygen atoms in total. The van der Waals surface area contributed by atoms with Gasteiger partial charge < -0.3 is 4.74 Å².